The van der Waals surface area contributed by atoms with Crippen LogP contribution in [0.25, 0.3) is 10.9 Å². The number of nitrogens with zero attached hydrogens (tertiary/aromatic N) is 1. The Kier molecular flexibility index (Phi) is 7.07. The molecular weight excluding hydrogens is 444 g/mol. The second-order valence-electron chi connectivity index (χ2n) is 7.68. The van der Waals surface area contributed by atoms with Crippen LogP contribution in [0.5, 0.6) is 0 Å². The second kappa shape index (κ2) is 10.2. The first-order chi connectivity index (χ1) is 16.0. The van der Waals surface area contributed by atoms with Crippen molar-refractivity contribution in [3.8, 4) is 0 Å². The maximum atomic E-state index is 13.0. The van der Waals surface area contributed by atoms with Gasteiger partial charge in [0.1, 0.15) is 6.23 Å². The van der Waals surface area contributed by atoms with Crippen LogP contribution in [0.3, 0.4) is 0 Å². The summed E-state index contributed by atoms with van der Waals surface area (Å²) in [5, 5.41) is 6.17. The van der Waals surface area contributed by atoms with Gasteiger partial charge in [-0.3, -0.25) is 9.59 Å². The largest absolute Gasteiger partial charge is 0.361 e. The molecule has 1 atom stereocenters. The summed E-state index contributed by atoms with van der Waals surface area (Å²) in [5.41, 5.74) is 2.06. The van der Waals surface area contributed by atoms with Gasteiger partial charge in [0, 0.05) is 30.2 Å². The number of H-pyrrole nitrogens is 1. The molecule has 2 amide bonds. The van der Waals surface area contributed by atoms with E-state index in [1.54, 1.807) is 18.2 Å². The molecule has 0 radical (unpaired) electrons. The highest BCUT2D eigenvalue weighted by Crippen LogP contribution is 2.22. The summed E-state index contributed by atoms with van der Waals surface area (Å²) < 4.78 is 32.8. The Bertz CT molecular complexity index is 1230. The van der Waals surface area contributed by atoms with E-state index >= 15 is 0 Å². The molecule has 0 bridgehead atoms. The SMILES string of the molecule is O=C(NCCc1c[nH]c2ccccc12)C(=O)NC[C@H]1OCCCN1S(=O)(=O)c1ccccc1. The summed E-state index contributed by atoms with van der Waals surface area (Å²) in [6.45, 7) is 0.816. The Labute approximate surface area is 192 Å². The number of ether oxygens (including phenoxy) is 1. The molecular formula is C23H26N4O5S. The highest BCUT2D eigenvalue weighted by atomic mass is 32.2. The summed E-state index contributed by atoms with van der Waals surface area (Å²) >= 11 is 0. The van der Waals surface area contributed by atoms with Crippen LogP contribution in [0.15, 0.2) is 65.7 Å². The van der Waals surface area contributed by atoms with Gasteiger partial charge in [0.25, 0.3) is 0 Å². The lowest BCUT2D eigenvalue weighted by Crippen LogP contribution is -2.53. The fourth-order valence-electron chi connectivity index (χ4n) is 3.82. The second-order valence-corrected chi connectivity index (χ2v) is 9.57. The normalized spacial score (nSPS) is 17.0. The van der Waals surface area contributed by atoms with Gasteiger partial charge in [0.15, 0.2) is 0 Å². The van der Waals surface area contributed by atoms with E-state index in [2.05, 4.69) is 15.6 Å². The smallest absolute Gasteiger partial charge is 0.309 e. The van der Waals surface area contributed by atoms with Gasteiger partial charge in [0.2, 0.25) is 10.0 Å². The number of carbonyl (C=O) groups is 2. The Hall–Kier alpha value is -3.21. The number of hydrogen-bond donors (Lipinski definition) is 3. The third-order valence-electron chi connectivity index (χ3n) is 5.50. The van der Waals surface area contributed by atoms with E-state index in [1.165, 1.54) is 16.4 Å². The zero-order chi connectivity index (χ0) is 23.3. The van der Waals surface area contributed by atoms with Gasteiger partial charge in [-0.25, -0.2) is 8.42 Å². The topological polar surface area (TPSA) is 121 Å². The van der Waals surface area contributed by atoms with Crippen molar-refractivity contribution in [3.63, 3.8) is 0 Å². The minimum Gasteiger partial charge on any atom is -0.361 e. The number of benzene rings is 2. The van der Waals surface area contributed by atoms with Crippen molar-refractivity contribution < 1.29 is 22.7 Å². The van der Waals surface area contributed by atoms with Crippen molar-refractivity contribution in [1.82, 2.24) is 19.9 Å². The van der Waals surface area contributed by atoms with Gasteiger partial charge in [-0.15, -0.1) is 0 Å². The lowest BCUT2D eigenvalue weighted by Gasteiger charge is -2.34. The highest BCUT2D eigenvalue weighted by molar-refractivity contribution is 7.89. The quantitative estimate of drug-likeness (QED) is 0.451. The highest BCUT2D eigenvalue weighted by Gasteiger charge is 2.34. The molecule has 1 aliphatic heterocycles. The Balaban J connectivity index is 1.30. The Morgan fingerprint density at radius 3 is 2.58 bits per heavy atom. The predicted octanol–water partition coefficient (Wildman–Crippen LogP) is 1.38. The summed E-state index contributed by atoms with van der Waals surface area (Å²) in [7, 11) is -3.78. The number of aromatic amines is 1. The average molecular weight is 471 g/mol. The third kappa shape index (κ3) is 5.24. The number of nitrogens with one attached hydrogen (secondary N) is 3. The van der Waals surface area contributed by atoms with Crippen LogP contribution >= 0.6 is 0 Å². The molecule has 3 N–H and O–H groups in total. The van der Waals surface area contributed by atoms with E-state index in [9.17, 15) is 18.0 Å². The zero-order valence-electron chi connectivity index (χ0n) is 18.0. The van der Waals surface area contributed by atoms with Crippen molar-refractivity contribution in [2.75, 3.05) is 26.2 Å². The van der Waals surface area contributed by atoms with E-state index in [-0.39, 0.29) is 18.0 Å². The lowest BCUT2D eigenvalue weighted by molar-refractivity contribution is -0.140. The van der Waals surface area contributed by atoms with Gasteiger partial charge in [-0.2, -0.15) is 4.31 Å². The molecule has 1 saturated heterocycles. The van der Waals surface area contributed by atoms with Crippen molar-refractivity contribution in [2.45, 2.75) is 24.0 Å². The first kappa shape index (κ1) is 23.0. The fraction of sp³-hybridized carbons (Fsp3) is 0.304. The molecule has 10 heteroatoms. The van der Waals surface area contributed by atoms with E-state index in [0.717, 1.165) is 16.5 Å². The molecule has 0 unspecified atom stereocenters. The van der Waals surface area contributed by atoms with Crippen LogP contribution in [0.4, 0.5) is 0 Å². The molecule has 2 aromatic carbocycles. The minimum absolute atomic E-state index is 0.124. The molecule has 0 saturated carbocycles. The van der Waals surface area contributed by atoms with Crippen LogP contribution in [-0.4, -0.2) is 62.0 Å². The van der Waals surface area contributed by atoms with E-state index in [0.29, 0.717) is 26.0 Å². The number of sulfonamides is 1. The van der Waals surface area contributed by atoms with Gasteiger partial charge in [0.05, 0.1) is 18.0 Å². The van der Waals surface area contributed by atoms with E-state index < -0.39 is 28.1 Å². The molecule has 1 aliphatic rings. The van der Waals surface area contributed by atoms with Gasteiger partial charge in [-0.05, 0) is 36.6 Å². The average Bonchev–Trinajstić information content (AvgIpc) is 3.26. The first-order valence-electron chi connectivity index (χ1n) is 10.8. The summed E-state index contributed by atoms with van der Waals surface area (Å²) in [4.78, 5) is 27.8. The van der Waals surface area contributed by atoms with Gasteiger partial charge < -0.3 is 20.4 Å². The fourth-order valence-corrected chi connectivity index (χ4v) is 5.41. The zero-order valence-corrected chi connectivity index (χ0v) is 18.8. The number of amides is 2. The Morgan fingerprint density at radius 1 is 1.03 bits per heavy atom. The summed E-state index contributed by atoms with van der Waals surface area (Å²) in [6.07, 6.45) is 2.12. The maximum Gasteiger partial charge on any atom is 0.309 e. The van der Waals surface area contributed by atoms with Crippen LogP contribution in [0, 0.1) is 0 Å². The molecule has 1 aromatic heterocycles. The molecule has 4 rings (SSSR count). The Morgan fingerprint density at radius 2 is 1.76 bits per heavy atom. The standard InChI is InChI=1S/C23H26N4O5S/c28-22(24-12-11-17-15-25-20-10-5-4-9-19(17)20)23(29)26-16-21-27(13-6-14-32-21)33(30,31)18-7-2-1-3-8-18/h1-5,7-10,15,21,25H,6,11-14,16H2,(H,24,28)(H,26,29)/t21-/m1/s1. The molecule has 1 fully saturated rings. The van der Waals surface area contributed by atoms with Gasteiger partial charge >= 0.3 is 11.8 Å². The number of para-hydroxylation sites is 1. The molecule has 33 heavy (non-hydrogen) atoms. The summed E-state index contributed by atoms with van der Waals surface area (Å²) in [6, 6.07) is 15.9. The lowest BCUT2D eigenvalue weighted by atomic mass is 10.1. The molecule has 9 nitrogen and oxygen atoms in total. The van der Waals surface area contributed by atoms with Crippen LogP contribution < -0.4 is 10.6 Å². The van der Waals surface area contributed by atoms with E-state index in [4.69, 9.17) is 4.74 Å². The number of carbonyl (C=O) groups excluding carboxylic acids is 2. The maximum absolute atomic E-state index is 13.0. The number of fused-ring (bicyclic) bond motifs is 1. The third-order valence-corrected chi connectivity index (χ3v) is 7.41. The van der Waals surface area contributed by atoms with Crippen LogP contribution in [0.1, 0.15) is 12.0 Å². The molecule has 174 valence electrons. The summed E-state index contributed by atoms with van der Waals surface area (Å²) in [5.74, 6) is -1.61. The number of hydrogen-bond acceptors (Lipinski definition) is 5. The first-order valence-corrected chi connectivity index (χ1v) is 12.2. The number of aromatic nitrogens is 1. The monoisotopic (exact) mass is 470 g/mol. The molecule has 0 spiro atoms. The van der Waals surface area contributed by atoms with Crippen molar-refractivity contribution in [1.29, 1.82) is 0 Å². The van der Waals surface area contributed by atoms with Crippen LogP contribution in [-0.2, 0) is 30.8 Å². The molecule has 0 aliphatic carbocycles. The van der Waals surface area contributed by atoms with Gasteiger partial charge in [-0.1, -0.05) is 36.4 Å². The predicted molar refractivity (Wildman–Crippen MR) is 123 cm³/mol. The van der Waals surface area contributed by atoms with Crippen LogP contribution in [0.2, 0.25) is 0 Å². The molecule has 3 aromatic rings. The van der Waals surface area contributed by atoms with E-state index in [1.807, 2.05) is 30.5 Å². The van der Waals surface area contributed by atoms with Crippen molar-refractivity contribution in [3.05, 3.63) is 66.4 Å². The van der Waals surface area contributed by atoms with Crippen molar-refractivity contribution >= 4 is 32.7 Å². The molecule has 2 heterocycles. The van der Waals surface area contributed by atoms with Crippen molar-refractivity contribution in [2.24, 2.45) is 0 Å². The number of rotatable bonds is 7. The minimum atomic E-state index is -3.78.